The molecule has 0 amide bonds. The molecule has 0 radical (unpaired) electrons. The molecule has 1 aliphatic carbocycles. The number of aromatic carboxylic acids is 1. The Kier molecular flexibility index (Phi) is 6.09. The topological polar surface area (TPSA) is 49.3 Å². The highest BCUT2D eigenvalue weighted by molar-refractivity contribution is 5.87. The van der Waals surface area contributed by atoms with Crippen LogP contribution in [0.3, 0.4) is 0 Å². The summed E-state index contributed by atoms with van der Waals surface area (Å²) in [5, 5.41) is 12.3. The Hall–Kier alpha value is -1.51. The van der Waals surface area contributed by atoms with Crippen molar-refractivity contribution in [1.29, 1.82) is 0 Å². The van der Waals surface area contributed by atoms with E-state index in [1.807, 2.05) is 12.1 Å². The summed E-state index contributed by atoms with van der Waals surface area (Å²) in [6.45, 7) is 3.28. The second-order valence-electron chi connectivity index (χ2n) is 6.16. The van der Waals surface area contributed by atoms with Crippen molar-refractivity contribution in [3.8, 4) is 0 Å². The number of carboxylic acid groups (broad SMARTS) is 1. The zero-order valence-corrected chi connectivity index (χ0v) is 13.0. The van der Waals surface area contributed by atoms with E-state index in [1.165, 1.54) is 44.9 Å². The third kappa shape index (κ3) is 4.76. The van der Waals surface area contributed by atoms with Gasteiger partial charge in [0.2, 0.25) is 0 Å². The van der Waals surface area contributed by atoms with Gasteiger partial charge >= 0.3 is 5.97 Å². The van der Waals surface area contributed by atoms with Crippen molar-refractivity contribution in [2.45, 2.75) is 51.9 Å². The van der Waals surface area contributed by atoms with E-state index in [4.69, 9.17) is 5.11 Å². The molecule has 1 fully saturated rings. The standard InChI is InChI=1S/C18H27NO2/c1-2-14(15-6-4-3-5-7-15)12-13-19-17-10-8-16(9-11-17)18(20)21/h8-11,14-15,19H,2-7,12-13H2,1H3,(H,20,21). The second kappa shape index (κ2) is 8.06. The molecule has 0 aromatic heterocycles. The summed E-state index contributed by atoms with van der Waals surface area (Å²) in [4.78, 5) is 10.8. The molecule has 1 aliphatic rings. The van der Waals surface area contributed by atoms with Crippen LogP contribution >= 0.6 is 0 Å². The van der Waals surface area contributed by atoms with Crippen molar-refractivity contribution < 1.29 is 9.90 Å². The number of hydrogen-bond acceptors (Lipinski definition) is 2. The van der Waals surface area contributed by atoms with Gasteiger partial charge in [0, 0.05) is 12.2 Å². The van der Waals surface area contributed by atoms with Crippen LogP contribution < -0.4 is 5.32 Å². The average molecular weight is 289 g/mol. The summed E-state index contributed by atoms with van der Waals surface area (Å²) >= 11 is 0. The molecule has 116 valence electrons. The van der Waals surface area contributed by atoms with E-state index in [2.05, 4.69) is 12.2 Å². The normalized spacial score (nSPS) is 17.4. The van der Waals surface area contributed by atoms with Gasteiger partial charge in [0.05, 0.1) is 5.56 Å². The van der Waals surface area contributed by atoms with Crippen molar-refractivity contribution in [1.82, 2.24) is 0 Å². The highest BCUT2D eigenvalue weighted by Crippen LogP contribution is 2.33. The van der Waals surface area contributed by atoms with Gasteiger partial charge in [-0.25, -0.2) is 4.79 Å². The summed E-state index contributed by atoms with van der Waals surface area (Å²) in [5.74, 6) is 0.876. The first kappa shape index (κ1) is 15.9. The molecule has 1 aromatic carbocycles. The minimum Gasteiger partial charge on any atom is -0.478 e. The third-order valence-corrected chi connectivity index (χ3v) is 4.82. The average Bonchev–Trinajstić information content (AvgIpc) is 2.53. The highest BCUT2D eigenvalue weighted by Gasteiger charge is 2.21. The van der Waals surface area contributed by atoms with Gasteiger partial charge in [-0.3, -0.25) is 0 Å². The van der Waals surface area contributed by atoms with Crippen LogP contribution in [0.25, 0.3) is 0 Å². The Morgan fingerprint density at radius 1 is 1.24 bits per heavy atom. The van der Waals surface area contributed by atoms with E-state index in [0.29, 0.717) is 5.56 Å². The molecule has 0 heterocycles. The molecule has 0 aliphatic heterocycles. The SMILES string of the molecule is CCC(CCNc1ccc(C(=O)O)cc1)C1CCCCC1. The zero-order valence-electron chi connectivity index (χ0n) is 13.0. The van der Waals surface area contributed by atoms with E-state index in [9.17, 15) is 4.79 Å². The molecule has 2 rings (SSSR count). The van der Waals surface area contributed by atoms with Gasteiger partial charge in [-0.15, -0.1) is 0 Å². The van der Waals surface area contributed by atoms with Crippen LogP contribution in [0.1, 0.15) is 62.2 Å². The Morgan fingerprint density at radius 3 is 2.48 bits per heavy atom. The van der Waals surface area contributed by atoms with Crippen LogP contribution in [0.2, 0.25) is 0 Å². The minimum atomic E-state index is -0.870. The quantitative estimate of drug-likeness (QED) is 0.758. The summed E-state index contributed by atoms with van der Waals surface area (Å²) in [5.41, 5.74) is 1.35. The fourth-order valence-electron chi connectivity index (χ4n) is 3.51. The Labute approximate surface area is 127 Å². The highest BCUT2D eigenvalue weighted by atomic mass is 16.4. The molecule has 1 saturated carbocycles. The molecular formula is C18H27NO2. The van der Waals surface area contributed by atoms with Crippen molar-refractivity contribution in [2.75, 3.05) is 11.9 Å². The third-order valence-electron chi connectivity index (χ3n) is 4.82. The Morgan fingerprint density at radius 2 is 1.90 bits per heavy atom. The largest absolute Gasteiger partial charge is 0.478 e. The maximum atomic E-state index is 10.8. The lowest BCUT2D eigenvalue weighted by Crippen LogP contribution is -2.20. The van der Waals surface area contributed by atoms with Gasteiger partial charge in [0.1, 0.15) is 0 Å². The fraction of sp³-hybridized carbons (Fsp3) is 0.611. The number of nitrogens with one attached hydrogen (secondary N) is 1. The van der Waals surface area contributed by atoms with Crippen molar-refractivity contribution in [2.24, 2.45) is 11.8 Å². The van der Waals surface area contributed by atoms with Crippen LogP contribution in [0.15, 0.2) is 24.3 Å². The number of anilines is 1. The van der Waals surface area contributed by atoms with Gasteiger partial charge in [0.25, 0.3) is 0 Å². The maximum absolute atomic E-state index is 10.8. The number of rotatable bonds is 7. The monoisotopic (exact) mass is 289 g/mol. The number of hydrogen-bond donors (Lipinski definition) is 2. The molecule has 2 N–H and O–H groups in total. The lowest BCUT2D eigenvalue weighted by Gasteiger charge is -2.29. The molecular weight excluding hydrogens is 262 g/mol. The van der Waals surface area contributed by atoms with Crippen molar-refractivity contribution >= 4 is 11.7 Å². The van der Waals surface area contributed by atoms with Crippen LogP contribution in [0, 0.1) is 11.8 Å². The van der Waals surface area contributed by atoms with Crippen LogP contribution in [0.4, 0.5) is 5.69 Å². The van der Waals surface area contributed by atoms with Gasteiger partial charge < -0.3 is 10.4 Å². The Balaban J connectivity index is 1.77. The predicted molar refractivity (Wildman–Crippen MR) is 86.9 cm³/mol. The molecule has 1 aromatic rings. The molecule has 0 bridgehead atoms. The van der Waals surface area contributed by atoms with E-state index >= 15 is 0 Å². The molecule has 3 nitrogen and oxygen atoms in total. The lowest BCUT2D eigenvalue weighted by molar-refractivity contribution is 0.0697. The summed E-state index contributed by atoms with van der Waals surface area (Å²) in [6, 6.07) is 7.02. The van der Waals surface area contributed by atoms with E-state index in [1.54, 1.807) is 12.1 Å². The molecule has 21 heavy (non-hydrogen) atoms. The smallest absolute Gasteiger partial charge is 0.335 e. The molecule has 3 heteroatoms. The van der Waals surface area contributed by atoms with Gasteiger partial charge in [-0.1, -0.05) is 45.4 Å². The Bertz CT molecular complexity index is 435. The van der Waals surface area contributed by atoms with E-state index in [-0.39, 0.29) is 0 Å². The molecule has 1 atom stereocenters. The summed E-state index contributed by atoms with van der Waals surface area (Å²) < 4.78 is 0. The summed E-state index contributed by atoms with van der Waals surface area (Å²) in [6.07, 6.45) is 9.53. The zero-order chi connectivity index (χ0) is 15.1. The van der Waals surface area contributed by atoms with Crippen LogP contribution in [-0.2, 0) is 0 Å². The fourth-order valence-corrected chi connectivity index (χ4v) is 3.51. The molecule has 0 spiro atoms. The van der Waals surface area contributed by atoms with Crippen molar-refractivity contribution in [3.05, 3.63) is 29.8 Å². The first-order valence-corrected chi connectivity index (χ1v) is 8.28. The second-order valence-corrected chi connectivity index (χ2v) is 6.16. The first-order valence-electron chi connectivity index (χ1n) is 8.28. The molecule has 1 unspecified atom stereocenters. The van der Waals surface area contributed by atoms with Crippen LogP contribution in [0.5, 0.6) is 0 Å². The number of carbonyl (C=O) groups is 1. The number of benzene rings is 1. The summed E-state index contributed by atoms with van der Waals surface area (Å²) in [7, 11) is 0. The number of carboxylic acids is 1. The lowest BCUT2D eigenvalue weighted by atomic mass is 9.77. The maximum Gasteiger partial charge on any atom is 0.335 e. The molecule has 0 saturated heterocycles. The van der Waals surface area contributed by atoms with E-state index < -0.39 is 5.97 Å². The van der Waals surface area contributed by atoms with E-state index in [0.717, 1.165) is 24.1 Å². The van der Waals surface area contributed by atoms with Gasteiger partial charge in [0.15, 0.2) is 0 Å². The minimum absolute atomic E-state index is 0.342. The van der Waals surface area contributed by atoms with Crippen molar-refractivity contribution in [3.63, 3.8) is 0 Å². The van der Waals surface area contributed by atoms with Gasteiger partial charge in [-0.05, 0) is 42.5 Å². The van der Waals surface area contributed by atoms with Crippen LogP contribution in [-0.4, -0.2) is 17.6 Å². The first-order chi connectivity index (χ1) is 10.2. The predicted octanol–water partition coefficient (Wildman–Crippen LogP) is 4.79. The van der Waals surface area contributed by atoms with Gasteiger partial charge in [-0.2, -0.15) is 0 Å².